The van der Waals surface area contributed by atoms with E-state index in [0.717, 1.165) is 11.6 Å². The second-order valence-electron chi connectivity index (χ2n) is 7.79. The third-order valence-electron chi connectivity index (χ3n) is 5.40. The minimum absolute atomic E-state index is 0.0236. The largest absolute Gasteiger partial charge is 0.461 e. The number of hydrogen-bond acceptors (Lipinski definition) is 3. The van der Waals surface area contributed by atoms with E-state index in [2.05, 4.69) is 5.32 Å². The number of rotatable bonds is 7. The lowest BCUT2D eigenvalue weighted by atomic mass is 10.1. The van der Waals surface area contributed by atoms with Gasteiger partial charge in [-0.15, -0.1) is 0 Å². The second kappa shape index (κ2) is 10.5. The zero-order valence-electron chi connectivity index (χ0n) is 19.0. The number of nitrogens with one attached hydrogen (secondary N) is 1. The third kappa shape index (κ3) is 5.00. The van der Waals surface area contributed by atoms with E-state index in [1.54, 1.807) is 13.0 Å². The molecule has 3 aromatic carbocycles. The summed E-state index contributed by atoms with van der Waals surface area (Å²) in [5, 5.41) is 2.43. The third-order valence-corrected chi connectivity index (χ3v) is 5.40. The maximum absolute atomic E-state index is 14.3. The Bertz CT molecular complexity index is 1430. The van der Waals surface area contributed by atoms with E-state index in [4.69, 9.17) is 4.74 Å². The number of hydrogen-bond donors (Lipinski definition) is 1. The van der Waals surface area contributed by atoms with Crippen LogP contribution in [0.25, 0.3) is 11.1 Å². The fraction of sp³-hybridized carbons (Fsp3) is 0.111. The molecule has 5 nitrogen and oxygen atoms in total. The summed E-state index contributed by atoms with van der Waals surface area (Å²) >= 11 is 0. The first-order valence-corrected chi connectivity index (χ1v) is 10.9. The topological polar surface area (TPSA) is 60.3 Å². The second-order valence-corrected chi connectivity index (χ2v) is 7.79. The van der Waals surface area contributed by atoms with Gasteiger partial charge in [0, 0.05) is 18.3 Å². The number of esters is 1. The van der Waals surface area contributed by atoms with Crippen molar-refractivity contribution in [3.63, 3.8) is 0 Å². The Morgan fingerprint density at radius 3 is 2.36 bits per heavy atom. The fourth-order valence-corrected chi connectivity index (χ4v) is 3.76. The summed E-state index contributed by atoms with van der Waals surface area (Å²) in [5.41, 5.74) is 0.414. The van der Waals surface area contributed by atoms with E-state index in [9.17, 15) is 27.2 Å². The molecule has 4 rings (SSSR count). The minimum Gasteiger partial charge on any atom is -0.461 e. The number of anilines is 1. The van der Waals surface area contributed by atoms with E-state index in [0.29, 0.717) is 11.6 Å². The van der Waals surface area contributed by atoms with Gasteiger partial charge in [-0.1, -0.05) is 42.5 Å². The van der Waals surface area contributed by atoms with Crippen molar-refractivity contribution in [2.75, 3.05) is 11.9 Å². The monoisotopic (exact) mass is 496 g/mol. The van der Waals surface area contributed by atoms with Gasteiger partial charge in [-0.3, -0.25) is 4.79 Å². The van der Waals surface area contributed by atoms with Crippen LogP contribution < -0.4 is 5.32 Å². The van der Waals surface area contributed by atoms with Gasteiger partial charge in [-0.2, -0.15) is 0 Å². The van der Waals surface area contributed by atoms with Crippen LogP contribution in [0, 0.1) is 23.3 Å². The molecule has 0 saturated heterocycles. The summed E-state index contributed by atoms with van der Waals surface area (Å²) in [4.78, 5) is 26.0. The molecule has 0 unspecified atom stereocenters. The number of carbonyl (C=O) groups excluding carboxylic acids is 2. The molecular formula is C27H20F4N2O3. The van der Waals surface area contributed by atoms with Crippen LogP contribution in [-0.2, 0) is 11.3 Å². The molecule has 0 radical (unpaired) electrons. The zero-order valence-corrected chi connectivity index (χ0v) is 19.0. The summed E-state index contributed by atoms with van der Waals surface area (Å²) in [7, 11) is 0. The quantitative estimate of drug-likeness (QED) is 0.189. The lowest BCUT2D eigenvalue weighted by molar-refractivity contribution is 0.0515. The van der Waals surface area contributed by atoms with Gasteiger partial charge < -0.3 is 14.6 Å². The molecule has 0 aliphatic carbocycles. The molecule has 1 amide bonds. The van der Waals surface area contributed by atoms with Crippen LogP contribution in [0.1, 0.15) is 33.3 Å². The van der Waals surface area contributed by atoms with Crippen molar-refractivity contribution < 1.29 is 31.9 Å². The molecule has 36 heavy (non-hydrogen) atoms. The summed E-state index contributed by atoms with van der Waals surface area (Å²) in [5.74, 6) is -7.43. The van der Waals surface area contributed by atoms with Gasteiger partial charge in [0.2, 0.25) is 0 Å². The molecule has 4 aromatic rings. The molecule has 0 saturated carbocycles. The van der Waals surface area contributed by atoms with Crippen LogP contribution in [0.2, 0.25) is 0 Å². The summed E-state index contributed by atoms with van der Waals surface area (Å²) < 4.78 is 62.3. The van der Waals surface area contributed by atoms with E-state index >= 15 is 0 Å². The van der Waals surface area contributed by atoms with Crippen LogP contribution in [0.15, 0.2) is 72.9 Å². The van der Waals surface area contributed by atoms with Crippen LogP contribution in [-0.4, -0.2) is 23.1 Å². The van der Waals surface area contributed by atoms with Gasteiger partial charge in [-0.25, -0.2) is 22.4 Å². The normalized spacial score (nSPS) is 10.8. The molecule has 0 aliphatic rings. The van der Waals surface area contributed by atoms with Crippen LogP contribution >= 0.6 is 0 Å². The minimum atomic E-state index is -1.81. The molecule has 9 heteroatoms. The number of halogens is 4. The van der Waals surface area contributed by atoms with Crippen LogP contribution in [0.4, 0.5) is 23.2 Å². The molecule has 184 valence electrons. The van der Waals surface area contributed by atoms with Gasteiger partial charge in [-0.05, 0) is 42.3 Å². The fourth-order valence-electron chi connectivity index (χ4n) is 3.76. The Hall–Kier alpha value is -4.40. The molecule has 0 bridgehead atoms. The van der Waals surface area contributed by atoms with Gasteiger partial charge in [0.05, 0.1) is 17.9 Å². The molecule has 0 aliphatic heterocycles. The van der Waals surface area contributed by atoms with Crippen molar-refractivity contribution in [1.29, 1.82) is 0 Å². The predicted molar refractivity (Wildman–Crippen MR) is 126 cm³/mol. The predicted octanol–water partition coefficient (Wildman–Crippen LogP) is 6.19. The average Bonchev–Trinajstić information content (AvgIpc) is 3.20. The number of benzene rings is 3. The van der Waals surface area contributed by atoms with Gasteiger partial charge >= 0.3 is 5.97 Å². The zero-order chi connectivity index (χ0) is 25.8. The smallest absolute Gasteiger partial charge is 0.357 e. The Morgan fingerprint density at radius 2 is 1.67 bits per heavy atom. The first-order valence-electron chi connectivity index (χ1n) is 10.9. The van der Waals surface area contributed by atoms with Gasteiger partial charge in [0.1, 0.15) is 5.82 Å². The van der Waals surface area contributed by atoms with Crippen LogP contribution in [0.5, 0.6) is 0 Å². The number of ether oxygens (including phenoxy) is 1. The number of amides is 1. The maximum atomic E-state index is 14.3. The Labute approximate surface area is 203 Å². The Balaban J connectivity index is 1.89. The SMILES string of the molecule is CCOC(=O)c1c(NC(=O)c2ccc(F)c(F)c2F)c(-c2cccc(F)c2)cn1Cc1ccccc1. The van der Waals surface area contributed by atoms with E-state index in [1.807, 2.05) is 30.3 Å². The highest BCUT2D eigenvalue weighted by Crippen LogP contribution is 2.35. The highest BCUT2D eigenvalue weighted by molar-refractivity contribution is 6.11. The lowest BCUT2D eigenvalue weighted by Gasteiger charge is -2.13. The molecule has 1 N–H and O–H groups in total. The van der Waals surface area contributed by atoms with Crippen molar-refractivity contribution >= 4 is 17.6 Å². The van der Waals surface area contributed by atoms with E-state index in [-0.39, 0.29) is 30.1 Å². The summed E-state index contributed by atoms with van der Waals surface area (Å²) in [6, 6.07) is 15.9. The first kappa shape index (κ1) is 24.7. The maximum Gasteiger partial charge on any atom is 0.357 e. The van der Waals surface area contributed by atoms with E-state index < -0.39 is 40.7 Å². The molecule has 1 aromatic heterocycles. The van der Waals surface area contributed by atoms with Gasteiger partial charge in [0.15, 0.2) is 23.1 Å². The van der Waals surface area contributed by atoms with Crippen molar-refractivity contribution in [2.24, 2.45) is 0 Å². The number of aromatic nitrogens is 1. The van der Waals surface area contributed by atoms with E-state index in [1.165, 1.54) is 29.0 Å². The molecule has 0 fully saturated rings. The lowest BCUT2D eigenvalue weighted by Crippen LogP contribution is -2.19. The van der Waals surface area contributed by atoms with Crippen molar-refractivity contribution in [3.05, 3.63) is 113 Å². The number of nitrogens with zero attached hydrogens (tertiary/aromatic N) is 1. The van der Waals surface area contributed by atoms with Gasteiger partial charge in [0.25, 0.3) is 5.91 Å². The molecule has 0 spiro atoms. The van der Waals surface area contributed by atoms with Crippen molar-refractivity contribution in [3.8, 4) is 11.1 Å². The van der Waals surface area contributed by atoms with Crippen molar-refractivity contribution in [2.45, 2.75) is 13.5 Å². The Kier molecular flexibility index (Phi) is 7.19. The standard InChI is InChI=1S/C27H20F4N2O3/c1-2-36-27(35)25-24(32-26(34)19-11-12-21(29)23(31)22(19)30)20(17-9-6-10-18(28)13-17)15-33(25)14-16-7-4-3-5-8-16/h3-13,15H,2,14H2,1H3,(H,32,34). The summed E-state index contributed by atoms with van der Waals surface area (Å²) in [6.07, 6.45) is 1.53. The first-order chi connectivity index (χ1) is 17.3. The highest BCUT2D eigenvalue weighted by atomic mass is 19.2. The van der Waals surface area contributed by atoms with Crippen molar-refractivity contribution in [1.82, 2.24) is 4.57 Å². The molecule has 0 atom stereocenters. The van der Waals surface area contributed by atoms with Crippen LogP contribution in [0.3, 0.4) is 0 Å². The Morgan fingerprint density at radius 1 is 0.917 bits per heavy atom. The molecular weight excluding hydrogens is 476 g/mol. The summed E-state index contributed by atoms with van der Waals surface area (Å²) in [6.45, 7) is 1.81. The average molecular weight is 496 g/mol. The molecule has 1 heterocycles. The highest BCUT2D eigenvalue weighted by Gasteiger charge is 2.27. The number of carbonyl (C=O) groups is 2.